The van der Waals surface area contributed by atoms with Gasteiger partial charge < -0.3 is 10.5 Å². The summed E-state index contributed by atoms with van der Waals surface area (Å²) in [5.74, 6) is 0.812. The zero-order valence-electron chi connectivity index (χ0n) is 8.51. The maximum absolute atomic E-state index is 11.1. The highest BCUT2D eigenvalue weighted by molar-refractivity contribution is 7.91. The van der Waals surface area contributed by atoms with Gasteiger partial charge in [0.05, 0.1) is 5.75 Å². The zero-order valence-corrected chi connectivity index (χ0v) is 9.33. The Balaban J connectivity index is 2.49. The van der Waals surface area contributed by atoms with Gasteiger partial charge in [-0.3, -0.25) is 0 Å². The van der Waals surface area contributed by atoms with E-state index in [2.05, 4.69) is 4.98 Å². The summed E-state index contributed by atoms with van der Waals surface area (Å²) in [6.45, 7) is 1.71. The first kappa shape index (κ1) is 11.8. The molecular formula is C9H14N2O3S. The summed E-state index contributed by atoms with van der Waals surface area (Å²) in [7, 11) is -2.99. The number of ether oxygens (including phenoxy) is 1. The van der Waals surface area contributed by atoms with Crippen molar-refractivity contribution in [2.24, 2.45) is 0 Å². The topological polar surface area (TPSA) is 82.3 Å². The maximum atomic E-state index is 11.1. The Labute approximate surface area is 89.2 Å². The Hall–Kier alpha value is -1.30. The molecule has 5 nitrogen and oxygen atoms in total. The predicted molar refractivity (Wildman–Crippen MR) is 58.5 cm³/mol. The monoisotopic (exact) mass is 230 g/mol. The molecule has 1 aromatic rings. The van der Waals surface area contributed by atoms with E-state index < -0.39 is 9.84 Å². The fraction of sp³-hybridized carbons (Fsp3) is 0.444. The summed E-state index contributed by atoms with van der Waals surface area (Å²) >= 11 is 0. The summed E-state index contributed by atoms with van der Waals surface area (Å²) in [5, 5.41) is 0. The second-order valence-corrected chi connectivity index (χ2v) is 5.44. The Kier molecular flexibility index (Phi) is 3.90. The minimum absolute atomic E-state index is 0.00215. The van der Waals surface area contributed by atoms with Gasteiger partial charge in [0.25, 0.3) is 0 Å². The number of pyridine rings is 1. The van der Waals surface area contributed by atoms with Crippen molar-refractivity contribution in [3.05, 3.63) is 18.3 Å². The molecule has 0 unspecified atom stereocenters. The third-order valence-corrected chi connectivity index (χ3v) is 3.56. The number of nitrogens with two attached hydrogens (primary N) is 1. The molecule has 0 amide bonds. The van der Waals surface area contributed by atoms with E-state index in [9.17, 15) is 8.42 Å². The second kappa shape index (κ2) is 4.97. The SMILES string of the molecule is CCS(=O)(=O)CCOc1cccnc1N. The van der Waals surface area contributed by atoms with Gasteiger partial charge in [-0.1, -0.05) is 6.92 Å². The van der Waals surface area contributed by atoms with Crippen molar-refractivity contribution in [1.29, 1.82) is 0 Å². The lowest BCUT2D eigenvalue weighted by molar-refractivity contribution is 0.341. The van der Waals surface area contributed by atoms with E-state index in [4.69, 9.17) is 10.5 Å². The number of rotatable bonds is 5. The lowest BCUT2D eigenvalue weighted by Crippen LogP contribution is -2.16. The molecule has 0 aliphatic heterocycles. The molecule has 0 aliphatic rings. The maximum Gasteiger partial charge on any atom is 0.166 e. The van der Waals surface area contributed by atoms with Crippen molar-refractivity contribution in [2.75, 3.05) is 23.8 Å². The third kappa shape index (κ3) is 3.75. The van der Waals surface area contributed by atoms with Crippen molar-refractivity contribution < 1.29 is 13.2 Å². The molecule has 1 aromatic heterocycles. The van der Waals surface area contributed by atoms with E-state index in [0.717, 1.165) is 0 Å². The summed E-state index contributed by atoms with van der Waals surface area (Å²) in [6.07, 6.45) is 1.55. The molecule has 84 valence electrons. The summed E-state index contributed by atoms with van der Waals surface area (Å²) in [4.78, 5) is 3.82. The lowest BCUT2D eigenvalue weighted by atomic mass is 10.4. The van der Waals surface area contributed by atoms with Crippen molar-refractivity contribution >= 4 is 15.7 Å². The standard InChI is InChI=1S/C9H14N2O3S/c1-2-15(12,13)7-6-14-8-4-3-5-11-9(8)10/h3-5H,2,6-7H2,1H3,(H2,10,11). The minimum atomic E-state index is -2.99. The van der Waals surface area contributed by atoms with Gasteiger partial charge in [-0.2, -0.15) is 0 Å². The summed E-state index contributed by atoms with van der Waals surface area (Å²) in [5.41, 5.74) is 5.52. The van der Waals surface area contributed by atoms with Crippen LogP contribution in [0.2, 0.25) is 0 Å². The van der Waals surface area contributed by atoms with Gasteiger partial charge in [-0.25, -0.2) is 13.4 Å². The molecule has 6 heteroatoms. The Bertz CT molecular complexity index is 417. The number of hydrogen-bond donors (Lipinski definition) is 1. The number of aromatic nitrogens is 1. The molecule has 2 N–H and O–H groups in total. The van der Waals surface area contributed by atoms with Gasteiger partial charge in [0.2, 0.25) is 0 Å². The predicted octanol–water partition coefficient (Wildman–Crippen LogP) is 0.477. The quantitative estimate of drug-likeness (QED) is 0.795. The van der Waals surface area contributed by atoms with Crippen LogP contribution in [0.5, 0.6) is 5.75 Å². The first-order valence-electron chi connectivity index (χ1n) is 4.59. The highest BCUT2D eigenvalue weighted by atomic mass is 32.2. The minimum Gasteiger partial charge on any atom is -0.489 e. The molecule has 1 heterocycles. The van der Waals surface area contributed by atoms with E-state index >= 15 is 0 Å². The van der Waals surface area contributed by atoms with Gasteiger partial charge in [-0.05, 0) is 12.1 Å². The number of nitrogens with zero attached hydrogens (tertiary/aromatic N) is 1. The molecule has 0 saturated heterocycles. The molecule has 0 fully saturated rings. The van der Waals surface area contributed by atoms with Crippen LogP contribution in [0.4, 0.5) is 5.82 Å². The van der Waals surface area contributed by atoms with Crippen molar-refractivity contribution in [1.82, 2.24) is 4.98 Å². The first-order valence-corrected chi connectivity index (χ1v) is 6.41. The normalized spacial score (nSPS) is 11.3. The molecule has 0 atom stereocenters. The number of anilines is 1. The smallest absolute Gasteiger partial charge is 0.166 e. The largest absolute Gasteiger partial charge is 0.489 e. The Morgan fingerprint density at radius 2 is 2.27 bits per heavy atom. The highest BCUT2D eigenvalue weighted by Crippen LogP contribution is 2.16. The zero-order chi connectivity index (χ0) is 11.3. The van der Waals surface area contributed by atoms with Crippen LogP contribution in [0, 0.1) is 0 Å². The van der Waals surface area contributed by atoms with Crippen molar-refractivity contribution in [3.8, 4) is 5.75 Å². The lowest BCUT2D eigenvalue weighted by Gasteiger charge is -2.07. The molecule has 15 heavy (non-hydrogen) atoms. The Morgan fingerprint density at radius 3 is 2.87 bits per heavy atom. The van der Waals surface area contributed by atoms with E-state index in [1.807, 2.05) is 0 Å². The average molecular weight is 230 g/mol. The first-order chi connectivity index (χ1) is 7.05. The summed E-state index contributed by atoms with van der Waals surface area (Å²) in [6, 6.07) is 3.33. The second-order valence-electron chi connectivity index (χ2n) is 2.97. The molecule has 0 radical (unpaired) electrons. The summed E-state index contributed by atoms with van der Waals surface area (Å²) < 4.78 is 27.5. The van der Waals surface area contributed by atoms with Gasteiger partial charge in [0.1, 0.15) is 6.61 Å². The Morgan fingerprint density at radius 1 is 1.53 bits per heavy atom. The fourth-order valence-corrected chi connectivity index (χ4v) is 1.57. The molecule has 0 aliphatic carbocycles. The molecule has 0 saturated carbocycles. The van der Waals surface area contributed by atoms with Gasteiger partial charge in [0.15, 0.2) is 21.4 Å². The fourth-order valence-electron chi connectivity index (χ4n) is 0.948. The molecular weight excluding hydrogens is 216 g/mol. The van der Waals surface area contributed by atoms with Gasteiger partial charge in [-0.15, -0.1) is 0 Å². The van der Waals surface area contributed by atoms with Crippen LogP contribution in [-0.2, 0) is 9.84 Å². The van der Waals surface area contributed by atoms with E-state index in [1.54, 1.807) is 25.3 Å². The van der Waals surface area contributed by atoms with E-state index in [0.29, 0.717) is 5.75 Å². The van der Waals surface area contributed by atoms with Crippen LogP contribution >= 0.6 is 0 Å². The molecule has 0 bridgehead atoms. The van der Waals surface area contributed by atoms with Gasteiger partial charge in [0, 0.05) is 11.9 Å². The van der Waals surface area contributed by atoms with Crippen LogP contribution in [-0.4, -0.2) is 31.5 Å². The molecule has 0 aromatic carbocycles. The van der Waals surface area contributed by atoms with Crippen molar-refractivity contribution in [2.45, 2.75) is 6.92 Å². The van der Waals surface area contributed by atoms with Crippen LogP contribution in [0.3, 0.4) is 0 Å². The van der Waals surface area contributed by atoms with E-state index in [1.165, 1.54) is 0 Å². The third-order valence-electron chi connectivity index (χ3n) is 1.89. The van der Waals surface area contributed by atoms with E-state index in [-0.39, 0.29) is 23.9 Å². The number of sulfone groups is 1. The van der Waals surface area contributed by atoms with Gasteiger partial charge >= 0.3 is 0 Å². The van der Waals surface area contributed by atoms with Crippen LogP contribution in [0.1, 0.15) is 6.92 Å². The average Bonchev–Trinajstić information content (AvgIpc) is 2.21. The van der Waals surface area contributed by atoms with Crippen LogP contribution < -0.4 is 10.5 Å². The number of hydrogen-bond acceptors (Lipinski definition) is 5. The number of nitrogen functional groups attached to an aromatic ring is 1. The van der Waals surface area contributed by atoms with Crippen LogP contribution in [0.25, 0.3) is 0 Å². The highest BCUT2D eigenvalue weighted by Gasteiger charge is 2.08. The molecule has 1 rings (SSSR count). The molecule has 0 spiro atoms. The van der Waals surface area contributed by atoms with Crippen molar-refractivity contribution in [3.63, 3.8) is 0 Å². The van der Waals surface area contributed by atoms with Crippen LogP contribution in [0.15, 0.2) is 18.3 Å².